The molecule has 1 aliphatic heterocycles. The first-order valence-electron chi connectivity index (χ1n) is 8.53. The molecule has 0 amide bonds. The van der Waals surface area contributed by atoms with E-state index in [-0.39, 0.29) is 11.1 Å². The summed E-state index contributed by atoms with van der Waals surface area (Å²) in [4.78, 5) is 0. The third-order valence-corrected chi connectivity index (χ3v) is 9.70. The van der Waals surface area contributed by atoms with Crippen LogP contribution in [0.1, 0.15) is 27.2 Å². The van der Waals surface area contributed by atoms with Crippen molar-refractivity contribution in [1.82, 2.24) is 0 Å². The zero-order valence-corrected chi connectivity index (χ0v) is 15.8. The highest BCUT2D eigenvalue weighted by atomic mass is 28.4. The molecule has 0 bridgehead atoms. The average molecular weight is 339 g/mol. The van der Waals surface area contributed by atoms with E-state index in [0.29, 0.717) is 6.61 Å². The van der Waals surface area contributed by atoms with Crippen LogP contribution in [-0.2, 0) is 9.16 Å². The number of hydrogen-bond donors (Lipinski definition) is 0. The van der Waals surface area contributed by atoms with Crippen LogP contribution in [-0.4, -0.2) is 21.0 Å². The van der Waals surface area contributed by atoms with E-state index in [1.807, 2.05) is 0 Å². The lowest BCUT2D eigenvalue weighted by Crippen LogP contribution is -2.67. The zero-order valence-electron chi connectivity index (χ0n) is 14.8. The number of rotatable bonds is 5. The SMILES string of the molecule is C=C1CC(CO[Si](c2ccccc2)(c2ccccc2)C(C)(C)C)O1. The lowest BCUT2D eigenvalue weighted by atomic mass is 10.1. The molecule has 1 fully saturated rings. The minimum atomic E-state index is -2.43. The fourth-order valence-corrected chi connectivity index (χ4v) is 8.14. The molecule has 3 rings (SSSR count). The van der Waals surface area contributed by atoms with E-state index in [1.54, 1.807) is 0 Å². The molecule has 126 valence electrons. The van der Waals surface area contributed by atoms with Gasteiger partial charge in [0.05, 0.1) is 12.4 Å². The van der Waals surface area contributed by atoms with Crippen LogP contribution in [0.15, 0.2) is 73.0 Å². The highest BCUT2D eigenvalue weighted by Gasteiger charge is 2.50. The molecule has 2 aromatic rings. The highest BCUT2D eigenvalue weighted by Crippen LogP contribution is 2.37. The minimum Gasteiger partial charge on any atom is -0.492 e. The summed E-state index contributed by atoms with van der Waals surface area (Å²) in [6.07, 6.45) is 1.04. The quantitative estimate of drug-likeness (QED) is 0.771. The van der Waals surface area contributed by atoms with Crippen molar-refractivity contribution in [2.45, 2.75) is 38.3 Å². The molecule has 2 nitrogen and oxygen atoms in total. The van der Waals surface area contributed by atoms with Crippen LogP contribution < -0.4 is 10.4 Å². The van der Waals surface area contributed by atoms with E-state index < -0.39 is 8.32 Å². The fraction of sp³-hybridized carbons (Fsp3) is 0.333. The second-order valence-corrected chi connectivity index (χ2v) is 11.8. The molecule has 1 unspecified atom stereocenters. The van der Waals surface area contributed by atoms with Gasteiger partial charge in [0.25, 0.3) is 8.32 Å². The van der Waals surface area contributed by atoms with E-state index in [4.69, 9.17) is 9.16 Å². The molecule has 0 aromatic heterocycles. The van der Waals surface area contributed by atoms with Gasteiger partial charge in [-0.1, -0.05) is 88.0 Å². The van der Waals surface area contributed by atoms with Gasteiger partial charge in [0, 0.05) is 6.42 Å². The van der Waals surface area contributed by atoms with Gasteiger partial charge in [-0.25, -0.2) is 0 Å². The standard InChI is InChI=1S/C21H26O2Si/c1-17-15-18(23-17)16-22-24(21(2,3)4,19-11-7-5-8-12-19)20-13-9-6-10-14-20/h5-14,18H,1,15-16H2,2-4H3. The van der Waals surface area contributed by atoms with Gasteiger partial charge in [0.2, 0.25) is 0 Å². The van der Waals surface area contributed by atoms with E-state index in [0.717, 1.165) is 12.2 Å². The lowest BCUT2D eigenvalue weighted by molar-refractivity contribution is -0.0126. The molecule has 2 aromatic carbocycles. The van der Waals surface area contributed by atoms with Crippen molar-refractivity contribution < 1.29 is 9.16 Å². The van der Waals surface area contributed by atoms with Crippen LogP contribution in [0.4, 0.5) is 0 Å². The van der Waals surface area contributed by atoms with Gasteiger partial charge in [-0.2, -0.15) is 0 Å². The van der Waals surface area contributed by atoms with Gasteiger partial charge in [-0.05, 0) is 15.4 Å². The molecule has 0 radical (unpaired) electrons. The molecule has 1 heterocycles. The van der Waals surface area contributed by atoms with Crippen LogP contribution in [0.3, 0.4) is 0 Å². The summed E-state index contributed by atoms with van der Waals surface area (Å²) in [6.45, 7) is 11.3. The molecule has 1 atom stereocenters. The summed E-state index contributed by atoms with van der Waals surface area (Å²) in [5.74, 6) is 0.867. The summed E-state index contributed by atoms with van der Waals surface area (Å²) >= 11 is 0. The van der Waals surface area contributed by atoms with E-state index in [9.17, 15) is 0 Å². The minimum absolute atomic E-state index is 0.0104. The summed E-state index contributed by atoms with van der Waals surface area (Å²) in [6, 6.07) is 21.4. The van der Waals surface area contributed by atoms with Crippen LogP contribution >= 0.6 is 0 Å². The largest absolute Gasteiger partial charge is 0.492 e. The lowest BCUT2D eigenvalue weighted by Gasteiger charge is -2.44. The number of hydrogen-bond acceptors (Lipinski definition) is 2. The van der Waals surface area contributed by atoms with Gasteiger partial charge >= 0.3 is 0 Å². The maximum atomic E-state index is 6.79. The maximum absolute atomic E-state index is 6.79. The summed E-state index contributed by atoms with van der Waals surface area (Å²) in [7, 11) is -2.43. The smallest absolute Gasteiger partial charge is 0.261 e. The Morgan fingerprint density at radius 3 is 1.83 bits per heavy atom. The average Bonchev–Trinajstić information content (AvgIpc) is 2.54. The van der Waals surface area contributed by atoms with E-state index in [1.165, 1.54) is 10.4 Å². The first-order chi connectivity index (χ1) is 11.4. The van der Waals surface area contributed by atoms with Crippen molar-refractivity contribution in [2.24, 2.45) is 0 Å². The second kappa shape index (κ2) is 6.58. The molecule has 24 heavy (non-hydrogen) atoms. The summed E-state index contributed by atoms with van der Waals surface area (Å²) in [5.41, 5.74) is 0. The van der Waals surface area contributed by atoms with E-state index in [2.05, 4.69) is 88.0 Å². The number of ether oxygens (including phenoxy) is 1. The molecule has 0 spiro atoms. The maximum Gasteiger partial charge on any atom is 0.261 e. The molecule has 1 aliphatic rings. The first-order valence-corrected chi connectivity index (χ1v) is 10.4. The Bertz CT molecular complexity index is 641. The van der Waals surface area contributed by atoms with Gasteiger partial charge < -0.3 is 9.16 Å². The molecule has 3 heteroatoms. The van der Waals surface area contributed by atoms with Crippen LogP contribution in [0, 0.1) is 0 Å². The Kier molecular flexibility index (Phi) is 4.66. The molecule has 0 N–H and O–H groups in total. The van der Waals surface area contributed by atoms with Crippen molar-refractivity contribution in [3.8, 4) is 0 Å². The van der Waals surface area contributed by atoms with Gasteiger partial charge in [-0.15, -0.1) is 0 Å². The van der Waals surface area contributed by atoms with Crippen molar-refractivity contribution in [1.29, 1.82) is 0 Å². The van der Waals surface area contributed by atoms with Crippen molar-refractivity contribution >= 4 is 18.7 Å². The highest BCUT2D eigenvalue weighted by molar-refractivity contribution is 6.99. The molecule has 1 saturated heterocycles. The predicted octanol–water partition coefficient (Wildman–Crippen LogP) is 3.87. The second-order valence-electron chi connectivity index (χ2n) is 7.46. The summed E-state index contributed by atoms with van der Waals surface area (Å²) < 4.78 is 12.4. The Hall–Kier alpha value is -1.84. The Morgan fingerprint density at radius 2 is 1.46 bits per heavy atom. The van der Waals surface area contributed by atoms with Crippen LogP contribution in [0.2, 0.25) is 5.04 Å². The Labute approximate surface area is 146 Å². The number of benzene rings is 2. The van der Waals surface area contributed by atoms with Gasteiger partial charge in [0.15, 0.2) is 0 Å². The van der Waals surface area contributed by atoms with Crippen molar-refractivity contribution in [2.75, 3.05) is 6.61 Å². The zero-order chi connectivity index (χ0) is 17.2. The third kappa shape index (κ3) is 3.06. The fourth-order valence-electron chi connectivity index (χ4n) is 3.55. The molecule has 0 aliphatic carbocycles. The van der Waals surface area contributed by atoms with Crippen LogP contribution in [0.5, 0.6) is 0 Å². The Balaban J connectivity index is 2.05. The third-order valence-electron chi connectivity index (χ3n) is 4.69. The molecular weight excluding hydrogens is 312 g/mol. The topological polar surface area (TPSA) is 18.5 Å². The first kappa shape index (κ1) is 17.0. The van der Waals surface area contributed by atoms with Crippen molar-refractivity contribution in [3.05, 3.63) is 73.0 Å². The monoisotopic (exact) mass is 338 g/mol. The van der Waals surface area contributed by atoms with Gasteiger partial charge in [0.1, 0.15) is 6.10 Å². The van der Waals surface area contributed by atoms with Gasteiger partial charge in [-0.3, -0.25) is 0 Å². The van der Waals surface area contributed by atoms with Crippen LogP contribution in [0.25, 0.3) is 0 Å². The normalized spacial score (nSPS) is 18.0. The molecule has 0 saturated carbocycles. The predicted molar refractivity (Wildman–Crippen MR) is 102 cm³/mol. The van der Waals surface area contributed by atoms with Crippen molar-refractivity contribution in [3.63, 3.8) is 0 Å². The van der Waals surface area contributed by atoms with E-state index >= 15 is 0 Å². The Morgan fingerprint density at radius 1 is 1.00 bits per heavy atom. The summed E-state index contributed by atoms with van der Waals surface area (Å²) in [5, 5.41) is 2.62. The molecular formula is C21H26O2Si.